The van der Waals surface area contributed by atoms with Crippen molar-refractivity contribution in [1.82, 2.24) is 24.9 Å². The number of hydrogen-bond donors (Lipinski definition) is 1. The Kier molecular flexibility index (Phi) is 4.51. The molecule has 0 spiro atoms. The van der Waals surface area contributed by atoms with Crippen molar-refractivity contribution >= 4 is 5.91 Å². The minimum atomic E-state index is -0.226. The van der Waals surface area contributed by atoms with Gasteiger partial charge in [-0.2, -0.15) is 5.10 Å². The van der Waals surface area contributed by atoms with E-state index in [1.807, 2.05) is 25.1 Å². The fraction of sp³-hybridized carbons (Fsp3) is 0.176. The van der Waals surface area contributed by atoms with E-state index >= 15 is 0 Å². The van der Waals surface area contributed by atoms with Gasteiger partial charge < -0.3 is 5.32 Å². The first-order valence-corrected chi connectivity index (χ1v) is 7.57. The number of nitrogens with one attached hydrogen (secondary N) is 1. The van der Waals surface area contributed by atoms with E-state index in [1.54, 1.807) is 35.3 Å². The van der Waals surface area contributed by atoms with E-state index < -0.39 is 0 Å². The monoisotopic (exact) mass is 323 g/mol. The number of carbonyl (C=O) groups excluding carboxylic acids is 1. The van der Waals surface area contributed by atoms with Crippen molar-refractivity contribution in [2.24, 2.45) is 0 Å². The normalized spacial score (nSPS) is 10.5. The van der Waals surface area contributed by atoms with Gasteiger partial charge in [-0.3, -0.25) is 9.59 Å². The molecule has 0 aliphatic carbocycles. The topological polar surface area (TPSA) is 81.8 Å². The molecule has 0 radical (unpaired) electrons. The molecule has 0 bridgehead atoms. The van der Waals surface area contributed by atoms with Crippen molar-refractivity contribution in [3.05, 3.63) is 76.3 Å². The molecule has 1 amide bonds. The van der Waals surface area contributed by atoms with E-state index in [0.29, 0.717) is 17.9 Å². The Hall–Kier alpha value is -3.22. The van der Waals surface area contributed by atoms with Crippen LogP contribution >= 0.6 is 0 Å². The van der Waals surface area contributed by atoms with Crippen LogP contribution in [-0.4, -0.2) is 32.0 Å². The summed E-state index contributed by atoms with van der Waals surface area (Å²) in [5.74, 6) is 0.384. The van der Waals surface area contributed by atoms with Crippen molar-refractivity contribution in [1.29, 1.82) is 0 Å². The number of nitrogens with zero attached hydrogens (tertiary/aromatic N) is 4. The van der Waals surface area contributed by atoms with Crippen LogP contribution in [0.25, 0.3) is 5.82 Å². The predicted molar refractivity (Wildman–Crippen MR) is 89.1 cm³/mol. The molecule has 7 nitrogen and oxygen atoms in total. The maximum atomic E-state index is 12.2. The van der Waals surface area contributed by atoms with Crippen LogP contribution in [0.2, 0.25) is 0 Å². The molecule has 24 heavy (non-hydrogen) atoms. The molecule has 0 fully saturated rings. The number of amides is 1. The van der Waals surface area contributed by atoms with Crippen molar-refractivity contribution in [2.75, 3.05) is 6.54 Å². The molecule has 2 heterocycles. The lowest BCUT2D eigenvalue weighted by Gasteiger charge is -2.09. The van der Waals surface area contributed by atoms with Gasteiger partial charge in [0, 0.05) is 30.6 Å². The number of hydrogen-bond acceptors (Lipinski definition) is 4. The molecule has 0 saturated carbocycles. The van der Waals surface area contributed by atoms with Gasteiger partial charge in [0.25, 0.3) is 11.5 Å². The lowest BCUT2D eigenvalue weighted by Crippen LogP contribution is -2.32. The Balaban J connectivity index is 1.67. The second kappa shape index (κ2) is 6.91. The molecule has 0 unspecified atom stereocenters. The smallest absolute Gasteiger partial charge is 0.266 e. The second-order valence-corrected chi connectivity index (χ2v) is 5.27. The van der Waals surface area contributed by atoms with Crippen LogP contribution in [0.4, 0.5) is 0 Å². The van der Waals surface area contributed by atoms with Gasteiger partial charge in [0.1, 0.15) is 0 Å². The highest BCUT2D eigenvalue weighted by molar-refractivity contribution is 5.95. The molecule has 122 valence electrons. The molecule has 2 aromatic heterocycles. The van der Waals surface area contributed by atoms with E-state index in [1.165, 1.54) is 10.7 Å². The fourth-order valence-electron chi connectivity index (χ4n) is 2.32. The van der Waals surface area contributed by atoms with Crippen LogP contribution in [0.5, 0.6) is 0 Å². The third-order valence-electron chi connectivity index (χ3n) is 3.59. The van der Waals surface area contributed by atoms with Crippen molar-refractivity contribution in [2.45, 2.75) is 13.5 Å². The van der Waals surface area contributed by atoms with Crippen LogP contribution in [0, 0.1) is 6.92 Å². The minimum absolute atomic E-state index is 0.163. The Morgan fingerprint density at radius 1 is 1.17 bits per heavy atom. The van der Waals surface area contributed by atoms with Gasteiger partial charge in [-0.15, -0.1) is 5.10 Å². The molecular weight excluding hydrogens is 306 g/mol. The second-order valence-electron chi connectivity index (χ2n) is 5.27. The predicted octanol–water partition coefficient (Wildman–Crippen LogP) is 1.17. The third-order valence-corrected chi connectivity index (χ3v) is 3.59. The first-order valence-electron chi connectivity index (χ1n) is 7.57. The number of aryl methyl sites for hydroxylation is 1. The average Bonchev–Trinajstić information content (AvgIpc) is 3.11. The number of benzene rings is 1. The summed E-state index contributed by atoms with van der Waals surface area (Å²) in [5.41, 5.74) is 1.31. The standard InChI is InChI=1S/C17H17N5O2/c1-13-5-2-3-6-14(13)17(24)18-10-12-22-16(23)8-7-15(20-22)21-11-4-9-19-21/h2-9,11H,10,12H2,1H3,(H,18,24). The van der Waals surface area contributed by atoms with Crippen LogP contribution in [0.3, 0.4) is 0 Å². The molecule has 0 atom stereocenters. The van der Waals surface area contributed by atoms with E-state index in [-0.39, 0.29) is 18.0 Å². The van der Waals surface area contributed by atoms with Gasteiger partial charge >= 0.3 is 0 Å². The number of aromatic nitrogens is 4. The zero-order valence-corrected chi connectivity index (χ0v) is 13.2. The number of carbonyl (C=O) groups is 1. The minimum Gasteiger partial charge on any atom is -0.350 e. The Labute approximate surface area is 138 Å². The zero-order chi connectivity index (χ0) is 16.9. The largest absolute Gasteiger partial charge is 0.350 e. The summed E-state index contributed by atoms with van der Waals surface area (Å²) in [6.07, 6.45) is 3.39. The molecule has 0 aliphatic rings. The molecule has 7 heteroatoms. The summed E-state index contributed by atoms with van der Waals surface area (Å²) in [4.78, 5) is 24.1. The maximum absolute atomic E-state index is 12.2. The van der Waals surface area contributed by atoms with Gasteiger partial charge in [-0.05, 0) is 30.7 Å². The molecule has 0 aliphatic heterocycles. The number of rotatable bonds is 5. The zero-order valence-electron chi connectivity index (χ0n) is 13.2. The van der Waals surface area contributed by atoms with Crippen LogP contribution in [0.15, 0.2) is 59.7 Å². The average molecular weight is 323 g/mol. The summed E-state index contributed by atoms with van der Waals surface area (Å²) >= 11 is 0. The van der Waals surface area contributed by atoms with E-state index in [0.717, 1.165) is 5.56 Å². The van der Waals surface area contributed by atoms with E-state index in [2.05, 4.69) is 15.5 Å². The SMILES string of the molecule is Cc1ccccc1C(=O)NCCn1nc(-n2cccn2)ccc1=O. The quantitative estimate of drug-likeness (QED) is 0.764. The highest BCUT2D eigenvalue weighted by Gasteiger charge is 2.08. The fourth-order valence-corrected chi connectivity index (χ4v) is 2.32. The first-order chi connectivity index (χ1) is 11.6. The highest BCUT2D eigenvalue weighted by atomic mass is 16.2. The van der Waals surface area contributed by atoms with Crippen LogP contribution < -0.4 is 10.9 Å². The Morgan fingerprint density at radius 3 is 2.75 bits per heavy atom. The Morgan fingerprint density at radius 2 is 2.00 bits per heavy atom. The van der Waals surface area contributed by atoms with Gasteiger partial charge in [0.15, 0.2) is 5.82 Å². The highest BCUT2D eigenvalue weighted by Crippen LogP contribution is 2.06. The summed E-state index contributed by atoms with van der Waals surface area (Å²) in [6.45, 7) is 2.47. The molecule has 3 aromatic rings. The summed E-state index contributed by atoms with van der Waals surface area (Å²) in [5, 5.41) is 11.1. The summed E-state index contributed by atoms with van der Waals surface area (Å²) < 4.78 is 2.89. The molecule has 1 N–H and O–H groups in total. The molecule has 1 aromatic carbocycles. The Bertz CT molecular complexity index is 899. The van der Waals surface area contributed by atoms with Gasteiger partial charge in [-0.1, -0.05) is 18.2 Å². The van der Waals surface area contributed by atoms with E-state index in [9.17, 15) is 9.59 Å². The van der Waals surface area contributed by atoms with Crippen LogP contribution in [-0.2, 0) is 6.54 Å². The van der Waals surface area contributed by atoms with Gasteiger partial charge in [-0.25, -0.2) is 9.36 Å². The lowest BCUT2D eigenvalue weighted by atomic mass is 10.1. The molecular formula is C17H17N5O2. The lowest BCUT2D eigenvalue weighted by molar-refractivity contribution is 0.0951. The van der Waals surface area contributed by atoms with Crippen molar-refractivity contribution in [3.63, 3.8) is 0 Å². The summed E-state index contributed by atoms with van der Waals surface area (Å²) in [6, 6.07) is 12.2. The van der Waals surface area contributed by atoms with Gasteiger partial charge in [0.2, 0.25) is 0 Å². The first kappa shape index (κ1) is 15.7. The summed E-state index contributed by atoms with van der Waals surface area (Å²) in [7, 11) is 0. The maximum Gasteiger partial charge on any atom is 0.266 e. The van der Waals surface area contributed by atoms with Crippen molar-refractivity contribution < 1.29 is 4.79 Å². The molecule has 0 saturated heterocycles. The third kappa shape index (κ3) is 3.40. The molecule has 3 rings (SSSR count). The van der Waals surface area contributed by atoms with Gasteiger partial charge in [0.05, 0.1) is 6.54 Å². The van der Waals surface area contributed by atoms with Crippen LogP contribution in [0.1, 0.15) is 15.9 Å². The van der Waals surface area contributed by atoms with Crippen molar-refractivity contribution in [3.8, 4) is 5.82 Å². The van der Waals surface area contributed by atoms with E-state index in [4.69, 9.17) is 0 Å².